The summed E-state index contributed by atoms with van der Waals surface area (Å²) in [5.74, 6) is -2.25. The van der Waals surface area contributed by atoms with Gasteiger partial charge in [0.25, 0.3) is 0 Å². The van der Waals surface area contributed by atoms with Crippen LogP contribution >= 0.6 is 0 Å². The largest absolute Gasteiger partial charge is 0.494 e. The van der Waals surface area contributed by atoms with Crippen LogP contribution in [0.5, 0.6) is 5.75 Å². The molecule has 1 amide bonds. The Hall–Kier alpha value is -1.69. The maximum absolute atomic E-state index is 13.3. The first-order valence-electron chi connectivity index (χ1n) is 4.48. The van der Waals surface area contributed by atoms with Crippen LogP contribution < -0.4 is 10.1 Å². The fourth-order valence-corrected chi connectivity index (χ4v) is 1.11. The number of halogens is 2. The summed E-state index contributed by atoms with van der Waals surface area (Å²) in [6.45, 7) is -0.883. The normalized spacial score (nSPS) is 10.0. The second kappa shape index (κ2) is 5.41. The third-order valence-electron chi connectivity index (χ3n) is 1.94. The van der Waals surface area contributed by atoms with Gasteiger partial charge in [-0.3, -0.25) is 4.79 Å². The molecule has 1 rings (SSSR count). The van der Waals surface area contributed by atoms with Crippen LogP contribution in [0.3, 0.4) is 0 Å². The Kier molecular flexibility index (Phi) is 4.19. The molecule has 6 heteroatoms. The molecule has 2 N–H and O–H groups in total. The van der Waals surface area contributed by atoms with Gasteiger partial charge in [-0.2, -0.15) is 0 Å². The number of methoxy groups -OCH3 is 1. The van der Waals surface area contributed by atoms with Gasteiger partial charge in [-0.1, -0.05) is 0 Å². The zero-order chi connectivity index (χ0) is 12.1. The molecule has 0 saturated heterocycles. The van der Waals surface area contributed by atoms with Crippen LogP contribution in [0.25, 0.3) is 0 Å². The number of ether oxygens (including phenoxy) is 1. The number of hydrogen-bond donors (Lipinski definition) is 2. The second-order valence-corrected chi connectivity index (χ2v) is 3.01. The minimum absolute atomic E-state index is 0.0138. The van der Waals surface area contributed by atoms with Crippen molar-refractivity contribution in [2.45, 2.75) is 6.54 Å². The number of rotatable bonds is 4. The van der Waals surface area contributed by atoms with E-state index in [1.54, 1.807) is 0 Å². The van der Waals surface area contributed by atoms with Crippen LogP contribution in [0.2, 0.25) is 0 Å². The number of aliphatic hydroxyl groups is 1. The van der Waals surface area contributed by atoms with E-state index < -0.39 is 24.1 Å². The molecule has 16 heavy (non-hydrogen) atoms. The van der Waals surface area contributed by atoms with Gasteiger partial charge in [0.1, 0.15) is 12.4 Å². The van der Waals surface area contributed by atoms with Crippen molar-refractivity contribution in [2.24, 2.45) is 0 Å². The van der Waals surface area contributed by atoms with Crippen molar-refractivity contribution in [3.05, 3.63) is 29.3 Å². The van der Waals surface area contributed by atoms with Gasteiger partial charge in [-0.15, -0.1) is 0 Å². The lowest BCUT2D eigenvalue weighted by atomic mass is 10.2. The summed E-state index contributed by atoms with van der Waals surface area (Å²) in [4.78, 5) is 10.7. The fourth-order valence-electron chi connectivity index (χ4n) is 1.11. The number of hydrogen-bond acceptors (Lipinski definition) is 3. The molecule has 0 aliphatic rings. The average Bonchev–Trinajstić information content (AvgIpc) is 2.29. The van der Waals surface area contributed by atoms with Gasteiger partial charge >= 0.3 is 0 Å². The zero-order valence-electron chi connectivity index (χ0n) is 8.59. The van der Waals surface area contributed by atoms with Crippen molar-refractivity contribution in [1.82, 2.24) is 5.32 Å². The van der Waals surface area contributed by atoms with Crippen molar-refractivity contribution in [3.63, 3.8) is 0 Å². The fraction of sp³-hybridized carbons (Fsp3) is 0.300. The maximum atomic E-state index is 13.3. The minimum Gasteiger partial charge on any atom is -0.494 e. The predicted octanol–water partition coefficient (Wildman–Crippen LogP) is 0.582. The summed E-state index contributed by atoms with van der Waals surface area (Å²) in [7, 11) is 1.23. The number of carbonyl (C=O) groups excluding carboxylic acids is 1. The van der Waals surface area contributed by atoms with Gasteiger partial charge in [-0.25, -0.2) is 8.78 Å². The molecule has 0 heterocycles. The highest BCUT2D eigenvalue weighted by molar-refractivity contribution is 5.76. The zero-order valence-corrected chi connectivity index (χ0v) is 8.59. The van der Waals surface area contributed by atoms with Gasteiger partial charge in [0.2, 0.25) is 5.91 Å². The van der Waals surface area contributed by atoms with E-state index in [9.17, 15) is 13.6 Å². The molecule has 0 aliphatic heterocycles. The first kappa shape index (κ1) is 12.4. The van der Waals surface area contributed by atoms with Gasteiger partial charge < -0.3 is 15.2 Å². The van der Waals surface area contributed by atoms with Crippen LogP contribution in [-0.4, -0.2) is 24.7 Å². The highest BCUT2D eigenvalue weighted by atomic mass is 19.1. The summed E-state index contributed by atoms with van der Waals surface area (Å²) >= 11 is 0. The lowest BCUT2D eigenvalue weighted by molar-refractivity contribution is -0.123. The molecular weight excluding hydrogens is 220 g/mol. The molecule has 0 fully saturated rings. The molecule has 0 bridgehead atoms. The van der Waals surface area contributed by atoms with E-state index in [0.717, 1.165) is 12.1 Å². The predicted molar refractivity (Wildman–Crippen MR) is 51.8 cm³/mol. The summed E-state index contributed by atoms with van der Waals surface area (Å²) in [5.41, 5.74) is -0.0138. The highest BCUT2D eigenvalue weighted by Crippen LogP contribution is 2.20. The third-order valence-corrected chi connectivity index (χ3v) is 1.94. The van der Waals surface area contributed by atoms with E-state index in [0.29, 0.717) is 0 Å². The van der Waals surface area contributed by atoms with Gasteiger partial charge in [0.15, 0.2) is 11.6 Å². The molecule has 1 aromatic rings. The number of carbonyl (C=O) groups is 1. The maximum Gasteiger partial charge on any atom is 0.245 e. The van der Waals surface area contributed by atoms with E-state index in [4.69, 9.17) is 5.11 Å². The number of nitrogens with one attached hydrogen (secondary N) is 1. The minimum atomic E-state index is -0.711. The Morgan fingerprint density at radius 2 is 2.12 bits per heavy atom. The van der Waals surface area contributed by atoms with Crippen molar-refractivity contribution in [1.29, 1.82) is 0 Å². The Labute approximate surface area is 90.8 Å². The van der Waals surface area contributed by atoms with Crippen molar-refractivity contribution >= 4 is 5.91 Å². The molecule has 4 nitrogen and oxygen atoms in total. The van der Waals surface area contributed by atoms with Gasteiger partial charge in [0.05, 0.1) is 7.11 Å². The number of amides is 1. The van der Waals surface area contributed by atoms with Crippen LogP contribution in [0.1, 0.15) is 5.56 Å². The molecule has 0 spiro atoms. The summed E-state index contributed by atoms with van der Waals surface area (Å²) in [6, 6.07) is 1.83. The van der Waals surface area contributed by atoms with Crippen molar-refractivity contribution < 1.29 is 23.4 Å². The molecule has 0 atom stereocenters. The van der Waals surface area contributed by atoms with E-state index in [2.05, 4.69) is 10.1 Å². The number of aliphatic hydroxyl groups excluding tert-OH is 1. The van der Waals surface area contributed by atoms with E-state index in [1.807, 2.05) is 0 Å². The quantitative estimate of drug-likeness (QED) is 0.797. The van der Waals surface area contributed by atoms with Crippen molar-refractivity contribution in [2.75, 3.05) is 13.7 Å². The van der Waals surface area contributed by atoms with Crippen molar-refractivity contribution in [3.8, 4) is 5.75 Å². The van der Waals surface area contributed by atoms with Gasteiger partial charge in [0, 0.05) is 18.2 Å². The lowest BCUT2D eigenvalue weighted by Crippen LogP contribution is -2.26. The summed E-state index contributed by atoms with van der Waals surface area (Å²) in [6.07, 6.45) is 0. The van der Waals surface area contributed by atoms with Crippen LogP contribution in [0.15, 0.2) is 12.1 Å². The monoisotopic (exact) mass is 231 g/mol. The third kappa shape index (κ3) is 2.90. The topological polar surface area (TPSA) is 58.6 Å². The molecular formula is C10H11F2NO3. The van der Waals surface area contributed by atoms with Crippen LogP contribution in [-0.2, 0) is 11.3 Å². The molecule has 0 radical (unpaired) electrons. The Morgan fingerprint density at radius 3 is 2.69 bits per heavy atom. The molecule has 0 unspecified atom stereocenters. The standard InChI is InChI=1S/C10H11F2NO3/c1-16-9-3-7(11)6(2-8(9)12)4-13-10(15)5-14/h2-3,14H,4-5H2,1H3,(H,13,15). The highest BCUT2D eigenvalue weighted by Gasteiger charge is 2.10. The van der Waals surface area contributed by atoms with Crippen LogP contribution in [0, 0.1) is 11.6 Å². The van der Waals surface area contributed by atoms with E-state index in [1.165, 1.54) is 7.11 Å². The smallest absolute Gasteiger partial charge is 0.245 e. The average molecular weight is 231 g/mol. The molecule has 0 aromatic heterocycles. The summed E-state index contributed by atoms with van der Waals surface area (Å²) < 4.78 is 31.1. The van der Waals surface area contributed by atoms with E-state index >= 15 is 0 Å². The lowest BCUT2D eigenvalue weighted by Gasteiger charge is -2.07. The Bertz CT molecular complexity index is 396. The van der Waals surface area contributed by atoms with Crippen LogP contribution in [0.4, 0.5) is 8.78 Å². The first-order chi connectivity index (χ1) is 7.58. The Morgan fingerprint density at radius 1 is 1.44 bits per heavy atom. The number of benzene rings is 1. The van der Waals surface area contributed by atoms with Gasteiger partial charge in [-0.05, 0) is 6.07 Å². The summed E-state index contributed by atoms with van der Waals surface area (Å²) in [5, 5.41) is 10.6. The Balaban J connectivity index is 2.81. The molecule has 88 valence electrons. The molecule has 0 aliphatic carbocycles. The molecule has 0 saturated carbocycles. The SMILES string of the molecule is COc1cc(F)c(CNC(=O)CO)cc1F. The molecule has 1 aromatic carbocycles. The second-order valence-electron chi connectivity index (χ2n) is 3.01. The van der Waals surface area contributed by atoms with E-state index in [-0.39, 0.29) is 17.9 Å². The first-order valence-corrected chi connectivity index (χ1v) is 4.48.